The normalized spacial score (nSPS) is 10.2. The molecule has 0 aliphatic rings. The summed E-state index contributed by atoms with van der Waals surface area (Å²) < 4.78 is 4.57. The van der Waals surface area contributed by atoms with Gasteiger partial charge < -0.3 is 4.74 Å². The van der Waals surface area contributed by atoms with E-state index in [2.05, 4.69) is 19.7 Å². The van der Waals surface area contributed by atoms with E-state index < -0.39 is 0 Å². The number of aromatic nitrogens is 3. The van der Waals surface area contributed by atoms with Crippen LogP contribution in [-0.4, -0.2) is 33.8 Å². The van der Waals surface area contributed by atoms with Crippen LogP contribution in [0.25, 0.3) is 11.4 Å². The topological polar surface area (TPSA) is 65.0 Å². The highest BCUT2D eigenvalue weighted by Gasteiger charge is 2.07. The fourth-order valence-corrected chi connectivity index (χ4v) is 2.07. The van der Waals surface area contributed by atoms with Crippen molar-refractivity contribution in [1.29, 1.82) is 0 Å². The van der Waals surface area contributed by atoms with E-state index >= 15 is 0 Å². The molecule has 0 saturated carbocycles. The van der Waals surface area contributed by atoms with E-state index in [0.717, 1.165) is 17.0 Å². The molecule has 2 aromatic rings. The summed E-state index contributed by atoms with van der Waals surface area (Å²) in [5, 5.41) is 0.534. The highest BCUT2D eigenvalue weighted by molar-refractivity contribution is 7.99. The van der Waals surface area contributed by atoms with Crippen molar-refractivity contribution in [3.05, 3.63) is 36.2 Å². The predicted octanol–water partition coefficient (Wildman–Crippen LogP) is 2.11. The van der Waals surface area contributed by atoms with Crippen molar-refractivity contribution in [3.63, 3.8) is 0 Å². The summed E-state index contributed by atoms with van der Waals surface area (Å²) in [7, 11) is 1.36. The summed E-state index contributed by atoms with van der Waals surface area (Å²) in [6.45, 7) is 2.00. The first kappa shape index (κ1) is 13.5. The third kappa shape index (κ3) is 3.75. The largest absolute Gasteiger partial charge is 0.468 e. The third-order valence-electron chi connectivity index (χ3n) is 2.36. The van der Waals surface area contributed by atoms with Crippen LogP contribution in [0, 0.1) is 6.92 Å². The number of carbonyl (C=O) groups excluding carboxylic acids is 1. The SMILES string of the molecule is COC(=O)CSc1nccc(-c2cc(C)ccn2)n1. The van der Waals surface area contributed by atoms with Crippen LogP contribution in [0.5, 0.6) is 0 Å². The van der Waals surface area contributed by atoms with Gasteiger partial charge in [-0.3, -0.25) is 9.78 Å². The minimum Gasteiger partial charge on any atom is -0.468 e. The second-order valence-electron chi connectivity index (χ2n) is 3.81. The van der Waals surface area contributed by atoms with Gasteiger partial charge in [0.2, 0.25) is 0 Å². The molecule has 6 heteroatoms. The molecule has 5 nitrogen and oxygen atoms in total. The molecule has 0 saturated heterocycles. The standard InChI is InChI=1S/C13H13N3O2S/c1-9-3-5-14-11(7-9)10-4-6-15-13(16-10)19-8-12(17)18-2/h3-7H,8H2,1-2H3. The molecule has 2 aromatic heterocycles. The van der Waals surface area contributed by atoms with E-state index in [1.54, 1.807) is 18.5 Å². The van der Waals surface area contributed by atoms with Gasteiger partial charge in [-0.05, 0) is 30.7 Å². The van der Waals surface area contributed by atoms with Crippen molar-refractivity contribution in [2.24, 2.45) is 0 Å². The lowest BCUT2D eigenvalue weighted by Crippen LogP contribution is -2.04. The fourth-order valence-electron chi connectivity index (χ4n) is 1.41. The lowest BCUT2D eigenvalue weighted by atomic mass is 10.2. The Morgan fingerprint density at radius 3 is 2.79 bits per heavy atom. The summed E-state index contributed by atoms with van der Waals surface area (Å²) in [6.07, 6.45) is 3.40. The Morgan fingerprint density at radius 1 is 1.26 bits per heavy atom. The number of nitrogens with zero attached hydrogens (tertiary/aromatic N) is 3. The smallest absolute Gasteiger partial charge is 0.316 e. The van der Waals surface area contributed by atoms with Crippen molar-refractivity contribution in [1.82, 2.24) is 15.0 Å². The van der Waals surface area contributed by atoms with Crippen LogP contribution in [0.15, 0.2) is 35.7 Å². The average Bonchev–Trinajstić information content (AvgIpc) is 2.45. The molecule has 0 unspecified atom stereocenters. The number of pyridine rings is 1. The van der Waals surface area contributed by atoms with Crippen LogP contribution in [0.4, 0.5) is 0 Å². The predicted molar refractivity (Wildman–Crippen MR) is 72.7 cm³/mol. The van der Waals surface area contributed by atoms with Crippen molar-refractivity contribution in [2.45, 2.75) is 12.1 Å². The maximum absolute atomic E-state index is 11.1. The number of hydrogen-bond acceptors (Lipinski definition) is 6. The van der Waals surface area contributed by atoms with Crippen LogP contribution in [0.1, 0.15) is 5.56 Å². The Kier molecular flexibility index (Phi) is 4.46. The van der Waals surface area contributed by atoms with Gasteiger partial charge in [0.25, 0.3) is 0 Å². The monoisotopic (exact) mass is 275 g/mol. The molecule has 0 spiro atoms. The van der Waals surface area contributed by atoms with E-state index in [1.165, 1.54) is 18.9 Å². The zero-order valence-corrected chi connectivity index (χ0v) is 11.5. The molecular weight excluding hydrogens is 262 g/mol. The first-order valence-electron chi connectivity index (χ1n) is 5.65. The Labute approximate surface area is 115 Å². The van der Waals surface area contributed by atoms with Crippen LogP contribution >= 0.6 is 11.8 Å². The molecule has 0 fully saturated rings. The molecule has 0 aliphatic heterocycles. The lowest BCUT2D eigenvalue weighted by molar-refractivity contribution is -0.137. The number of carbonyl (C=O) groups is 1. The van der Waals surface area contributed by atoms with Gasteiger partial charge in [0.1, 0.15) is 0 Å². The highest BCUT2D eigenvalue weighted by atomic mass is 32.2. The third-order valence-corrected chi connectivity index (χ3v) is 3.19. The summed E-state index contributed by atoms with van der Waals surface area (Å²) in [5.74, 6) is -0.103. The number of esters is 1. The first-order chi connectivity index (χ1) is 9.19. The van der Waals surface area contributed by atoms with E-state index in [0.29, 0.717) is 5.16 Å². The Balaban J connectivity index is 2.17. The van der Waals surface area contributed by atoms with Gasteiger partial charge in [-0.25, -0.2) is 9.97 Å². The summed E-state index contributed by atoms with van der Waals surface area (Å²) in [5.41, 5.74) is 2.65. The molecule has 98 valence electrons. The summed E-state index contributed by atoms with van der Waals surface area (Å²) in [6, 6.07) is 5.68. The minimum atomic E-state index is -0.298. The molecular formula is C13H13N3O2S. The number of rotatable bonds is 4. The van der Waals surface area contributed by atoms with Gasteiger partial charge in [-0.1, -0.05) is 11.8 Å². The Morgan fingerprint density at radius 2 is 2.05 bits per heavy atom. The number of hydrogen-bond donors (Lipinski definition) is 0. The fraction of sp³-hybridized carbons (Fsp3) is 0.231. The molecule has 2 rings (SSSR count). The van der Waals surface area contributed by atoms with Gasteiger partial charge in [0.15, 0.2) is 5.16 Å². The molecule has 0 amide bonds. The van der Waals surface area contributed by atoms with Gasteiger partial charge in [0, 0.05) is 12.4 Å². The number of aryl methyl sites for hydroxylation is 1. The van der Waals surface area contributed by atoms with Gasteiger partial charge in [0.05, 0.1) is 24.3 Å². The van der Waals surface area contributed by atoms with E-state index in [4.69, 9.17) is 0 Å². The quantitative estimate of drug-likeness (QED) is 0.484. The van der Waals surface area contributed by atoms with Crippen molar-refractivity contribution < 1.29 is 9.53 Å². The average molecular weight is 275 g/mol. The molecule has 0 aromatic carbocycles. The van der Waals surface area contributed by atoms with Crippen LogP contribution in [0.2, 0.25) is 0 Å². The molecule has 19 heavy (non-hydrogen) atoms. The van der Waals surface area contributed by atoms with Crippen LogP contribution < -0.4 is 0 Å². The second-order valence-corrected chi connectivity index (χ2v) is 4.75. The van der Waals surface area contributed by atoms with Gasteiger partial charge >= 0.3 is 5.97 Å². The van der Waals surface area contributed by atoms with Crippen molar-refractivity contribution in [3.8, 4) is 11.4 Å². The Hall–Kier alpha value is -1.95. The summed E-state index contributed by atoms with van der Waals surface area (Å²) in [4.78, 5) is 23.8. The van der Waals surface area contributed by atoms with Crippen molar-refractivity contribution >= 4 is 17.7 Å². The molecule has 0 N–H and O–H groups in total. The lowest BCUT2D eigenvalue weighted by Gasteiger charge is -2.03. The second kappa shape index (κ2) is 6.29. The van der Waals surface area contributed by atoms with E-state index in [1.807, 2.05) is 19.1 Å². The van der Waals surface area contributed by atoms with Crippen LogP contribution in [-0.2, 0) is 9.53 Å². The number of ether oxygens (including phenoxy) is 1. The Bertz CT molecular complexity index is 590. The van der Waals surface area contributed by atoms with Gasteiger partial charge in [-0.2, -0.15) is 0 Å². The van der Waals surface area contributed by atoms with E-state index in [9.17, 15) is 4.79 Å². The zero-order chi connectivity index (χ0) is 13.7. The summed E-state index contributed by atoms with van der Waals surface area (Å²) >= 11 is 1.24. The molecule has 0 bridgehead atoms. The first-order valence-corrected chi connectivity index (χ1v) is 6.63. The number of thioether (sulfide) groups is 1. The molecule has 0 radical (unpaired) electrons. The molecule has 2 heterocycles. The maximum atomic E-state index is 11.1. The van der Waals surface area contributed by atoms with E-state index in [-0.39, 0.29) is 11.7 Å². The molecule has 0 aliphatic carbocycles. The minimum absolute atomic E-state index is 0.196. The number of methoxy groups -OCH3 is 1. The van der Waals surface area contributed by atoms with Crippen molar-refractivity contribution in [2.75, 3.05) is 12.9 Å². The zero-order valence-electron chi connectivity index (χ0n) is 10.7. The maximum Gasteiger partial charge on any atom is 0.316 e. The highest BCUT2D eigenvalue weighted by Crippen LogP contribution is 2.19. The van der Waals surface area contributed by atoms with Crippen LogP contribution in [0.3, 0.4) is 0 Å². The molecule has 0 atom stereocenters. The van der Waals surface area contributed by atoms with Gasteiger partial charge in [-0.15, -0.1) is 0 Å².